The van der Waals surface area contributed by atoms with Crippen molar-refractivity contribution >= 4 is 17.3 Å². The first-order valence-electron chi connectivity index (χ1n) is 7.13. The standard InChI is InChI=1S/C15H22N4O/c1-17-15(20)13-5-12(3-4-14(13)16)19-8-10-6-18(2)7-11(10)9-19/h3-5,10-11H,6-9,16H2,1-2H3,(H,17,20). The van der Waals surface area contributed by atoms with Gasteiger partial charge in [0.15, 0.2) is 0 Å². The quantitative estimate of drug-likeness (QED) is 0.776. The summed E-state index contributed by atoms with van der Waals surface area (Å²) >= 11 is 0. The molecule has 3 N–H and O–H groups in total. The van der Waals surface area contributed by atoms with Crippen molar-refractivity contribution in [2.75, 3.05) is 50.9 Å². The third-order valence-electron chi connectivity index (χ3n) is 4.54. The summed E-state index contributed by atoms with van der Waals surface area (Å²) in [5, 5.41) is 2.64. The van der Waals surface area contributed by atoms with Crippen LogP contribution in [0, 0.1) is 11.8 Å². The number of hydrogen-bond donors (Lipinski definition) is 2. The molecule has 108 valence electrons. The molecule has 5 nitrogen and oxygen atoms in total. The Morgan fingerprint density at radius 3 is 2.50 bits per heavy atom. The molecular formula is C15H22N4O. The summed E-state index contributed by atoms with van der Waals surface area (Å²) < 4.78 is 0. The van der Waals surface area contributed by atoms with Crippen LogP contribution in [0.15, 0.2) is 18.2 Å². The van der Waals surface area contributed by atoms with Gasteiger partial charge in [-0.3, -0.25) is 4.79 Å². The third kappa shape index (κ3) is 2.22. The second-order valence-corrected chi connectivity index (χ2v) is 6.00. The van der Waals surface area contributed by atoms with Crippen molar-refractivity contribution in [1.29, 1.82) is 0 Å². The van der Waals surface area contributed by atoms with Crippen molar-refractivity contribution in [3.05, 3.63) is 23.8 Å². The Morgan fingerprint density at radius 2 is 1.90 bits per heavy atom. The van der Waals surface area contributed by atoms with Gasteiger partial charge in [0.05, 0.1) is 5.56 Å². The molecule has 2 aliphatic rings. The molecule has 2 heterocycles. The van der Waals surface area contributed by atoms with E-state index in [-0.39, 0.29) is 5.91 Å². The molecule has 2 unspecified atom stereocenters. The zero-order valence-electron chi connectivity index (χ0n) is 12.1. The van der Waals surface area contributed by atoms with Crippen molar-refractivity contribution in [3.8, 4) is 0 Å². The van der Waals surface area contributed by atoms with Crippen LogP contribution in [-0.4, -0.2) is 51.1 Å². The Bertz CT molecular complexity index is 517. The number of anilines is 2. The molecule has 1 aromatic carbocycles. The highest BCUT2D eigenvalue weighted by molar-refractivity contribution is 6.00. The van der Waals surface area contributed by atoms with E-state index in [4.69, 9.17) is 5.73 Å². The second kappa shape index (κ2) is 4.98. The van der Waals surface area contributed by atoms with Gasteiger partial charge < -0.3 is 20.9 Å². The summed E-state index contributed by atoms with van der Waals surface area (Å²) in [6.07, 6.45) is 0. The molecule has 1 aromatic rings. The number of carbonyl (C=O) groups excluding carboxylic acids is 1. The van der Waals surface area contributed by atoms with Gasteiger partial charge in [-0.05, 0) is 37.1 Å². The van der Waals surface area contributed by atoms with Gasteiger partial charge in [-0.2, -0.15) is 0 Å². The maximum absolute atomic E-state index is 11.8. The Labute approximate surface area is 119 Å². The predicted octanol–water partition coefficient (Wildman–Crippen LogP) is 0.626. The first-order valence-corrected chi connectivity index (χ1v) is 7.13. The number of nitrogens with one attached hydrogen (secondary N) is 1. The fourth-order valence-corrected chi connectivity index (χ4v) is 3.51. The number of benzene rings is 1. The van der Waals surface area contributed by atoms with Crippen LogP contribution in [0.5, 0.6) is 0 Å². The zero-order chi connectivity index (χ0) is 14.3. The Hall–Kier alpha value is -1.75. The summed E-state index contributed by atoms with van der Waals surface area (Å²) in [6, 6.07) is 5.77. The number of nitrogen functional groups attached to an aromatic ring is 1. The summed E-state index contributed by atoms with van der Waals surface area (Å²) in [4.78, 5) is 16.6. The maximum Gasteiger partial charge on any atom is 0.253 e. The van der Waals surface area contributed by atoms with Crippen molar-refractivity contribution < 1.29 is 4.79 Å². The number of likely N-dealkylation sites (tertiary alicyclic amines) is 1. The van der Waals surface area contributed by atoms with E-state index in [0.29, 0.717) is 11.3 Å². The molecule has 1 amide bonds. The molecule has 2 aliphatic heterocycles. The number of rotatable bonds is 2. The molecule has 0 aromatic heterocycles. The van der Waals surface area contributed by atoms with Crippen LogP contribution in [-0.2, 0) is 0 Å². The van der Waals surface area contributed by atoms with Crippen LogP contribution in [0.4, 0.5) is 11.4 Å². The van der Waals surface area contributed by atoms with Crippen molar-refractivity contribution in [3.63, 3.8) is 0 Å². The average Bonchev–Trinajstić information content (AvgIpc) is 2.95. The highest BCUT2D eigenvalue weighted by Gasteiger charge is 2.38. The van der Waals surface area contributed by atoms with Gasteiger partial charge in [0.25, 0.3) is 5.91 Å². The van der Waals surface area contributed by atoms with Gasteiger partial charge in [-0.25, -0.2) is 0 Å². The SMILES string of the molecule is CNC(=O)c1cc(N2CC3CN(C)CC3C2)ccc1N. The Balaban J connectivity index is 1.80. The molecule has 5 heteroatoms. The smallest absolute Gasteiger partial charge is 0.253 e. The van der Waals surface area contributed by atoms with E-state index in [0.717, 1.165) is 30.6 Å². The van der Waals surface area contributed by atoms with Gasteiger partial charge in [0, 0.05) is 44.6 Å². The normalized spacial score (nSPS) is 25.8. The zero-order valence-corrected chi connectivity index (χ0v) is 12.1. The maximum atomic E-state index is 11.8. The molecular weight excluding hydrogens is 252 g/mol. The minimum absolute atomic E-state index is 0.122. The molecule has 2 atom stereocenters. The lowest BCUT2D eigenvalue weighted by molar-refractivity contribution is 0.0964. The third-order valence-corrected chi connectivity index (χ3v) is 4.54. The van der Waals surface area contributed by atoms with Crippen molar-refractivity contribution in [2.45, 2.75) is 0 Å². The molecule has 3 rings (SSSR count). The monoisotopic (exact) mass is 274 g/mol. The highest BCUT2D eigenvalue weighted by atomic mass is 16.1. The Morgan fingerprint density at radius 1 is 1.25 bits per heavy atom. The van der Waals surface area contributed by atoms with E-state index in [1.54, 1.807) is 7.05 Å². The van der Waals surface area contributed by atoms with E-state index in [2.05, 4.69) is 22.2 Å². The first kappa shape index (κ1) is 13.2. The number of amides is 1. The van der Waals surface area contributed by atoms with Crippen LogP contribution in [0.1, 0.15) is 10.4 Å². The minimum Gasteiger partial charge on any atom is -0.398 e. The molecule has 0 bridgehead atoms. The van der Waals surface area contributed by atoms with Crippen molar-refractivity contribution in [1.82, 2.24) is 10.2 Å². The lowest BCUT2D eigenvalue weighted by Gasteiger charge is -2.22. The van der Waals surface area contributed by atoms with E-state index in [1.165, 1.54) is 13.1 Å². The number of nitrogens with two attached hydrogens (primary N) is 1. The first-order chi connectivity index (χ1) is 9.58. The number of fused-ring (bicyclic) bond motifs is 1. The molecule has 0 saturated carbocycles. The number of nitrogens with zero attached hydrogens (tertiary/aromatic N) is 2. The van der Waals surface area contributed by atoms with E-state index in [9.17, 15) is 4.79 Å². The van der Waals surface area contributed by atoms with Gasteiger partial charge in [-0.15, -0.1) is 0 Å². The summed E-state index contributed by atoms with van der Waals surface area (Å²) in [5.74, 6) is 1.38. The molecule has 20 heavy (non-hydrogen) atoms. The fourth-order valence-electron chi connectivity index (χ4n) is 3.51. The lowest BCUT2D eigenvalue weighted by atomic mass is 10.0. The van der Waals surface area contributed by atoms with E-state index >= 15 is 0 Å². The average molecular weight is 274 g/mol. The Kier molecular flexibility index (Phi) is 3.30. The van der Waals surface area contributed by atoms with E-state index < -0.39 is 0 Å². The predicted molar refractivity (Wildman–Crippen MR) is 80.9 cm³/mol. The van der Waals surface area contributed by atoms with Crippen LogP contribution in [0.25, 0.3) is 0 Å². The summed E-state index contributed by atoms with van der Waals surface area (Å²) in [5.41, 5.74) is 8.10. The van der Waals surface area contributed by atoms with Crippen LogP contribution < -0.4 is 16.0 Å². The minimum atomic E-state index is -0.122. The summed E-state index contributed by atoms with van der Waals surface area (Å²) in [6.45, 7) is 4.51. The van der Waals surface area contributed by atoms with Crippen molar-refractivity contribution in [2.24, 2.45) is 11.8 Å². The molecule has 0 radical (unpaired) electrons. The molecule has 0 aliphatic carbocycles. The largest absolute Gasteiger partial charge is 0.398 e. The van der Waals surface area contributed by atoms with Gasteiger partial charge >= 0.3 is 0 Å². The van der Waals surface area contributed by atoms with Crippen LogP contribution in [0.2, 0.25) is 0 Å². The topological polar surface area (TPSA) is 61.6 Å². The number of hydrogen-bond acceptors (Lipinski definition) is 4. The number of carbonyl (C=O) groups is 1. The fraction of sp³-hybridized carbons (Fsp3) is 0.533. The second-order valence-electron chi connectivity index (χ2n) is 6.00. The van der Waals surface area contributed by atoms with E-state index in [1.807, 2.05) is 18.2 Å². The highest BCUT2D eigenvalue weighted by Crippen LogP contribution is 2.34. The van der Waals surface area contributed by atoms with Crippen LogP contribution >= 0.6 is 0 Å². The van der Waals surface area contributed by atoms with Gasteiger partial charge in [-0.1, -0.05) is 0 Å². The molecule has 0 spiro atoms. The molecule has 2 saturated heterocycles. The van der Waals surface area contributed by atoms with Crippen LogP contribution in [0.3, 0.4) is 0 Å². The van der Waals surface area contributed by atoms with Gasteiger partial charge in [0.2, 0.25) is 0 Å². The van der Waals surface area contributed by atoms with Gasteiger partial charge in [0.1, 0.15) is 0 Å². The molecule has 2 fully saturated rings. The lowest BCUT2D eigenvalue weighted by Crippen LogP contribution is -2.27. The summed E-state index contributed by atoms with van der Waals surface area (Å²) in [7, 11) is 3.82.